The van der Waals surface area contributed by atoms with Crippen LogP contribution in [0, 0.1) is 12.0 Å². The zero-order valence-electron chi connectivity index (χ0n) is 5.45. The van der Waals surface area contributed by atoms with Gasteiger partial charge in [0, 0.05) is 5.38 Å². The van der Waals surface area contributed by atoms with Gasteiger partial charge in [0.25, 0.3) is 0 Å². The smallest absolute Gasteiger partial charge is 0.0972 e. The summed E-state index contributed by atoms with van der Waals surface area (Å²) in [5.74, 6) is 0.419. The van der Waals surface area contributed by atoms with Gasteiger partial charge >= 0.3 is 0 Å². The van der Waals surface area contributed by atoms with Gasteiger partial charge in [0.05, 0.1) is 17.3 Å². The molecule has 1 unspecified atom stereocenters. The first-order chi connectivity index (χ1) is 4.86. The van der Waals surface area contributed by atoms with E-state index < -0.39 is 0 Å². The van der Waals surface area contributed by atoms with E-state index in [2.05, 4.69) is 4.98 Å². The Morgan fingerprint density at radius 1 is 1.80 bits per heavy atom. The zero-order chi connectivity index (χ0) is 6.97. The molecule has 1 aromatic rings. The fourth-order valence-corrected chi connectivity index (χ4v) is 1.55. The number of aromatic nitrogens is 1. The summed E-state index contributed by atoms with van der Waals surface area (Å²) in [6.45, 7) is 0. The molecule has 1 aromatic heterocycles. The minimum absolute atomic E-state index is 0.419. The topological polar surface area (TPSA) is 33.1 Å². The quantitative estimate of drug-likeness (QED) is 0.702. The molecule has 0 bridgehead atoms. The van der Waals surface area contributed by atoms with Gasteiger partial charge in [0.2, 0.25) is 0 Å². The molecule has 1 N–H and O–H groups in total. The van der Waals surface area contributed by atoms with E-state index >= 15 is 0 Å². The number of nitrogens with zero attached hydrogens (tertiary/aromatic N) is 1. The Morgan fingerprint density at radius 3 is 3.10 bits per heavy atom. The van der Waals surface area contributed by atoms with Crippen molar-refractivity contribution in [2.75, 3.05) is 0 Å². The van der Waals surface area contributed by atoms with Crippen LogP contribution in [0.25, 0.3) is 0 Å². The van der Waals surface area contributed by atoms with E-state index in [1.807, 2.05) is 10.9 Å². The lowest BCUT2D eigenvalue weighted by molar-refractivity contribution is 0.358. The summed E-state index contributed by atoms with van der Waals surface area (Å²) in [6, 6.07) is 0. The molecule has 0 amide bonds. The van der Waals surface area contributed by atoms with Gasteiger partial charge in [-0.2, -0.15) is 0 Å². The molecule has 1 fully saturated rings. The molecule has 1 aliphatic carbocycles. The van der Waals surface area contributed by atoms with Gasteiger partial charge in [-0.25, -0.2) is 4.98 Å². The fraction of sp³-hybridized carbons (Fsp3) is 0.429. The number of thiazole rings is 1. The molecule has 0 aliphatic heterocycles. The average molecular weight is 154 g/mol. The fourth-order valence-electron chi connectivity index (χ4n) is 0.974. The van der Waals surface area contributed by atoms with E-state index in [4.69, 9.17) is 5.11 Å². The molecular weight excluding hydrogens is 146 g/mol. The van der Waals surface area contributed by atoms with Crippen molar-refractivity contribution in [2.45, 2.75) is 12.8 Å². The van der Waals surface area contributed by atoms with E-state index in [1.165, 1.54) is 0 Å². The van der Waals surface area contributed by atoms with Crippen molar-refractivity contribution >= 4 is 11.3 Å². The molecule has 1 radical (unpaired) electrons. The largest absolute Gasteiger partial charge is 0.387 e. The molecule has 3 heteroatoms. The summed E-state index contributed by atoms with van der Waals surface area (Å²) < 4.78 is 0. The van der Waals surface area contributed by atoms with Crippen LogP contribution in [0.15, 0.2) is 10.9 Å². The summed E-state index contributed by atoms with van der Waals surface area (Å²) >= 11 is 1.61. The Balaban J connectivity index is 1.93. The molecule has 1 atom stereocenters. The molecule has 2 rings (SSSR count). The maximum atomic E-state index is 8.92. The van der Waals surface area contributed by atoms with Gasteiger partial charge in [-0.3, -0.25) is 0 Å². The highest BCUT2D eigenvalue weighted by Crippen LogP contribution is 2.40. The molecule has 10 heavy (non-hydrogen) atoms. The second kappa shape index (κ2) is 2.32. The van der Waals surface area contributed by atoms with Gasteiger partial charge in [-0.15, -0.1) is 11.3 Å². The Labute approximate surface area is 63.5 Å². The molecule has 2 nitrogen and oxygen atoms in total. The Hall–Kier alpha value is -0.410. The lowest BCUT2D eigenvalue weighted by Gasteiger charge is -1.88. The van der Waals surface area contributed by atoms with Gasteiger partial charge < -0.3 is 5.11 Å². The van der Waals surface area contributed by atoms with Gasteiger partial charge in [0.15, 0.2) is 0 Å². The highest BCUT2D eigenvalue weighted by atomic mass is 32.1. The van der Waals surface area contributed by atoms with Crippen LogP contribution in [0.1, 0.15) is 12.1 Å². The van der Waals surface area contributed by atoms with Crippen LogP contribution in [0.4, 0.5) is 0 Å². The van der Waals surface area contributed by atoms with Gasteiger partial charge in [-0.1, -0.05) is 0 Å². The van der Waals surface area contributed by atoms with E-state index in [-0.39, 0.29) is 0 Å². The number of aliphatic hydroxyl groups is 1. The van der Waals surface area contributed by atoms with Crippen molar-refractivity contribution in [3.8, 4) is 0 Å². The number of aliphatic hydroxyl groups excluding tert-OH is 1. The van der Waals surface area contributed by atoms with Crippen LogP contribution in [0.5, 0.6) is 0 Å². The van der Waals surface area contributed by atoms with E-state index in [0.717, 1.165) is 18.5 Å². The Kier molecular flexibility index (Phi) is 1.47. The zero-order valence-corrected chi connectivity index (χ0v) is 6.27. The second-order valence-corrected chi connectivity index (χ2v) is 3.29. The first-order valence-electron chi connectivity index (χ1n) is 3.28. The summed E-state index contributed by atoms with van der Waals surface area (Å²) in [5.41, 5.74) is 2.94. The van der Waals surface area contributed by atoms with Crippen molar-refractivity contribution in [3.05, 3.63) is 22.7 Å². The summed E-state index contributed by atoms with van der Waals surface area (Å²) in [6.07, 6.45) is 2.46. The molecule has 0 spiro atoms. The second-order valence-electron chi connectivity index (χ2n) is 2.58. The van der Waals surface area contributed by atoms with Crippen molar-refractivity contribution in [2.24, 2.45) is 5.92 Å². The van der Waals surface area contributed by atoms with E-state index in [0.29, 0.717) is 12.0 Å². The third kappa shape index (κ3) is 1.20. The molecule has 1 heterocycles. The van der Waals surface area contributed by atoms with Crippen LogP contribution in [0.3, 0.4) is 0 Å². The van der Waals surface area contributed by atoms with Crippen molar-refractivity contribution in [1.29, 1.82) is 0 Å². The maximum Gasteiger partial charge on any atom is 0.0972 e. The minimum Gasteiger partial charge on any atom is -0.387 e. The molecule has 0 saturated heterocycles. The molecule has 1 aliphatic rings. The number of rotatable bonds is 2. The minimum atomic E-state index is 0.419. The number of hydrogen-bond acceptors (Lipinski definition) is 3. The van der Waals surface area contributed by atoms with Crippen molar-refractivity contribution < 1.29 is 5.11 Å². The van der Waals surface area contributed by atoms with Crippen LogP contribution in [0.2, 0.25) is 0 Å². The average Bonchev–Trinajstić information content (AvgIpc) is 2.48. The molecule has 1 saturated carbocycles. The normalized spacial score (nSPS) is 25.1. The van der Waals surface area contributed by atoms with Crippen molar-refractivity contribution in [1.82, 2.24) is 4.98 Å². The predicted molar refractivity (Wildman–Crippen MR) is 39.1 cm³/mol. The van der Waals surface area contributed by atoms with E-state index in [1.54, 1.807) is 11.3 Å². The highest BCUT2D eigenvalue weighted by molar-refractivity contribution is 7.07. The Bertz CT molecular complexity index is 209. The third-order valence-corrected chi connectivity index (χ3v) is 2.34. The Morgan fingerprint density at radius 2 is 2.60 bits per heavy atom. The first-order valence-corrected chi connectivity index (χ1v) is 4.22. The lowest BCUT2D eigenvalue weighted by atomic mass is 10.2. The van der Waals surface area contributed by atoms with Crippen LogP contribution in [-0.4, -0.2) is 10.1 Å². The van der Waals surface area contributed by atoms with Gasteiger partial charge in [0.1, 0.15) is 0 Å². The summed E-state index contributed by atoms with van der Waals surface area (Å²) in [7, 11) is 0. The lowest BCUT2D eigenvalue weighted by Crippen LogP contribution is -1.87. The summed E-state index contributed by atoms with van der Waals surface area (Å²) in [4.78, 5) is 4.12. The monoisotopic (exact) mass is 154 g/mol. The maximum absolute atomic E-state index is 8.92. The SMILES string of the molecule is O[C]1CC1Cc1cscn1. The molecule has 53 valence electrons. The molecular formula is C7H8NOS. The third-order valence-electron chi connectivity index (χ3n) is 1.71. The summed E-state index contributed by atoms with van der Waals surface area (Å²) in [5, 5.41) is 11.0. The van der Waals surface area contributed by atoms with Crippen LogP contribution < -0.4 is 0 Å². The molecule has 0 aromatic carbocycles. The van der Waals surface area contributed by atoms with E-state index in [9.17, 15) is 0 Å². The number of hydrogen-bond donors (Lipinski definition) is 1. The van der Waals surface area contributed by atoms with Gasteiger partial charge in [-0.05, 0) is 18.8 Å². The van der Waals surface area contributed by atoms with Crippen LogP contribution >= 0.6 is 11.3 Å². The predicted octanol–water partition coefficient (Wildman–Crippen LogP) is 1.61. The first kappa shape index (κ1) is 6.31. The van der Waals surface area contributed by atoms with Crippen LogP contribution in [-0.2, 0) is 6.42 Å². The highest BCUT2D eigenvalue weighted by Gasteiger charge is 2.36. The van der Waals surface area contributed by atoms with Crippen molar-refractivity contribution in [3.63, 3.8) is 0 Å². The standard InChI is InChI=1S/C7H8NOS/c9-7-2-5(7)1-6-3-10-4-8-6/h3-5,9H,1-2H2.